The zero-order valence-electron chi connectivity index (χ0n) is 16.1. The van der Waals surface area contributed by atoms with Gasteiger partial charge in [-0.05, 0) is 53.1 Å². The second kappa shape index (κ2) is 11.9. The third-order valence-electron chi connectivity index (χ3n) is 3.72. The molecule has 3 aromatic rings. The monoisotopic (exact) mass is 470 g/mol. The molecule has 0 aliphatic rings. The van der Waals surface area contributed by atoms with Gasteiger partial charge in [0.15, 0.2) is 0 Å². The van der Waals surface area contributed by atoms with Gasteiger partial charge in [0, 0.05) is 15.1 Å². The highest BCUT2D eigenvalue weighted by Gasteiger charge is 1.96. The van der Waals surface area contributed by atoms with Gasteiger partial charge in [-0.2, -0.15) is 15.3 Å². The summed E-state index contributed by atoms with van der Waals surface area (Å²) in [5.74, 6) is 0.216. The van der Waals surface area contributed by atoms with Crippen LogP contribution in [0.3, 0.4) is 0 Å². The summed E-state index contributed by atoms with van der Waals surface area (Å²) in [7, 11) is 0. The summed E-state index contributed by atoms with van der Waals surface area (Å²) in [6.07, 6.45) is 4.81. The smallest absolute Gasteiger partial charge is 0.244 e. The number of nitrogens with one attached hydrogen (secondary N) is 2. The van der Waals surface area contributed by atoms with Crippen LogP contribution in [0.5, 0.6) is 0 Å². The molecular weight excluding hydrogens is 455 g/mol. The Morgan fingerprint density at radius 2 is 1.16 bits per heavy atom. The van der Waals surface area contributed by atoms with Crippen molar-refractivity contribution in [2.24, 2.45) is 20.4 Å². The van der Waals surface area contributed by atoms with Gasteiger partial charge in [0.05, 0.1) is 18.6 Å². The number of hydrogen-bond acceptors (Lipinski definition) is 4. The number of hydrogen-bond donors (Lipinski definition) is 2. The van der Waals surface area contributed by atoms with Crippen LogP contribution >= 0.6 is 34.8 Å². The summed E-state index contributed by atoms with van der Waals surface area (Å²) in [4.78, 5) is 0. The first kappa shape index (κ1) is 22.5. The Morgan fingerprint density at radius 3 is 1.74 bits per heavy atom. The maximum Gasteiger partial charge on any atom is 0.257 e. The molecular formula is C22H17Cl3N6. The van der Waals surface area contributed by atoms with E-state index in [-0.39, 0.29) is 5.96 Å². The van der Waals surface area contributed by atoms with E-state index in [9.17, 15) is 0 Å². The van der Waals surface area contributed by atoms with Gasteiger partial charge < -0.3 is 0 Å². The van der Waals surface area contributed by atoms with Crippen LogP contribution < -0.4 is 10.9 Å². The molecule has 0 saturated carbocycles. The normalized spacial score (nSPS) is 12.2. The fourth-order valence-corrected chi connectivity index (χ4v) is 2.69. The number of benzene rings is 3. The topological polar surface area (TPSA) is 73.5 Å². The Hall–Kier alpha value is -3.19. The van der Waals surface area contributed by atoms with Crippen LogP contribution in [0, 0.1) is 0 Å². The summed E-state index contributed by atoms with van der Waals surface area (Å²) in [6.45, 7) is 0. The van der Waals surface area contributed by atoms with E-state index in [0.717, 1.165) is 16.7 Å². The van der Waals surface area contributed by atoms with Crippen molar-refractivity contribution in [2.75, 3.05) is 0 Å². The predicted molar refractivity (Wildman–Crippen MR) is 131 cm³/mol. The zero-order chi connectivity index (χ0) is 21.9. The highest BCUT2D eigenvalue weighted by Crippen LogP contribution is 2.09. The molecule has 3 aromatic carbocycles. The number of halogens is 3. The van der Waals surface area contributed by atoms with Crippen LogP contribution in [0.4, 0.5) is 0 Å². The second-order valence-electron chi connectivity index (χ2n) is 6.09. The number of rotatable bonds is 6. The molecule has 0 atom stereocenters. The van der Waals surface area contributed by atoms with Gasteiger partial charge >= 0.3 is 0 Å². The van der Waals surface area contributed by atoms with Gasteiger partial charge in [0.2, 0.25) is 0 Å². The minimum absolute atomic E-state index is 0.216. The number of nitrogens with zero attached hydrogens (tertiary/aromatic N) is 4. The van der Waals surface area contributed by atoms with Crippen molar-refractivity contribution in [3.05, 3.63) is 105 Å². The molecule has 0 aliphatic heterocycles. The van der Waals surface area contributed by atoms with Crippen LogP contribution in [0.15, 0.2) is 93.2 Å². The Labute approximate surface area is 195 Å². The fourth-order valence-electron chi connectivity index (χ4n) is 2.24. The molecule has 2 N–H and O–H groups in total. The Kier molecular flexibility index (Phi) is 8.60. The van der Waals surface area contributed by atoms with Crippen LogP contribution in [0.2, 0.25) is 15.1 Å². The quantitative estimate of drug-likeness (QED) is 0.280. The molecule has 0 aromatic heterocycles. The molecule has 0 radical (unpaired) electrons. The van der Waals surface area contributed by atoms with Gasteiger partial charge in [-0.3, -0.25) is 0 Å². The predicted octanol–water partition coefficient (Wildman–Crippen LogP) is 5.58. The van der Waals surface area contributed by atoms with Crippen molar-refractivity contribution in [1.29, 1.82) is 0 Å². The van der Waals surface area contributed by atoms with Crippen molar-refractivity contribution in [1.82, 2.24) is 10.9 Å². The minimum Gasteiger partial charge on any atom is -0.244 e. The lowest BCUT2D eigenvalue weighted by atomic mass is 10.2. The third-order valence-corrected chi connectivity index (χ3v) is 4.46. The molecule has 0 heterocycles. The lowest BCUT2D eigenvalue weighted by molar-refractivity contribution is 0.890. The molecule has 0 aliphatic carbocycles. The van der Waals surface area contributed by atoms with Crippen molar-refractivity contribution < 1.29 is 0 Å². The van der Waals surface area contributed by atoms with E-state index in [1.54, 1.807) is 55.0 Å². The molecule has 156 valence electrons. The number of hydrazone groups is 2. The number of guanidine groups is 1. The van der Waals surface area contributed by atoms with E-state index in [2.05, 4.69) is 31.3 Å². The summed E-state index contributed by atoms with van der Waals surface area (Å²) in [6, 6.07) is 21.7. The average molecular weight is 472 g/mol. The SMILES string of the molecule is Clc1ccc(/C=N\N=C(/N/N=C\c2ccc(Cl)cc2)N/N=C\c2cccc(Cl)c2)cc1. The third kappa shape index (κ3) is 8.22. The molecule has 0 amide bonds. The molecule has 9 heteroatoms. The first-order chi connectivity index (χ1) is 15.1. The van der Waals surface area contributed by atoms with E-state index in [0.29, 0.717) is 15.1 Å². The Morgan fingerprint density at radius 1 is 0.613 bits per heavy atom. The minimum atomic E-state index is 0.216. The van der Waals surface area contributed by atoms with Crippen molar-refractivity contribution in [2.45, 2.75) is 0 Å². The maximum atomic E-state index is 5.99. The largest absolute Gasteiger partial charge is 0.257 e. The Bertz CT molecular complexity index is 1110. The van der Waals surface area contributed by atoms with Gasteiger partial charge in [0.25, 0.3) is 5.96 Å². The molecule has 31 heavy (non-hydrogen) atoms. The first-order valence-electron chi connectivity index (χ1n) is 9.04. The Balaban J connectivity index is 1.70. The molecule has 0 fully saturated rings. The van der Waals surface area contributed by atoms with Crippen LogP contribution in [-0.2, 0) is 0 Å². The molecule has 6 nitrogen and oxygen atoms in total. The summed E-state index contributed by atoms with van der Waals surface area (Å²) < 4.78 is 0. The van der Waals surface area contributed by atoms with Gasteiger partial charge in [-0.25, -0.2) is 10.9 Å². The van der Waals surface area contributed by atoms with E-state index >= 15 is 0 Å². The van der Waals surface area contributed by atoms with E-state index in [1.165, 1.54) is 0 Å². The summed E-state index contributed by atoms with van der Waals surface area (Å²) in [5.41, 5.74) is 8.09. The first-order valence-corrected chi connectivity index (χ1v) is 10.2. The fraction of sp³-hybridized carbons (Fsp3) is 0. The molecule has 3 rings (SSSR count). The van der Waals surface area contributed by atoms with E-state index in [4.69, 9.17) is 34.8 Å². The maximum absolute atomic E-state index is 5.99. The molecule has 0 unspecified atom stereocenters. The van der Waals surface area contributed by atoms with Gasteiger partial charge in [-0.1, -0.05) is 71.2 Å². The van der Waals surface area contributed by atoms with Gasteiger partial charge in [0.1, 0.15) is 0 Å². The van der Waals surface area contributed by atoms with Crippen molar-refractivity contribution in [3.63, 3.8) is 0 Å². The lowest BCUT2D eigenvalue weighted by Gasteiger charge is -2.03. The highest BCUT2D eigenvalue weighted by atomic mass is 35.5. The molecule has 0 saturated heterocycles. The van der Waals surface area contributed by atoms with Crippen LogP contribution in [0.1, 0.15) is 16.7 Å². The molecule has 0 spiro atoms. The highest BCUT2D eigenvalue weighted by molar-refractivity contribution is 6.31. The molecule has 0 bridgehead atoms. The van der Waals surface area contributed by atoms with Crippen molar-refractivity contribution >= 4 is 59.4 Å². The average Bonchev–Trinajstić information content (AvgIpc) is 2.76. The lowest BCUT2D eigenvalue weighted by Crippen LogP contribution is -2.30. The van der Waals surface area contributed by atoms with E-state index < -0.39 is 0 Å². The van der Waals surface area contributed by atoms with Crippen LogP contribution in [-0.4, -0.2) is 24.6 Å². The summed E-state index contributed by atoms with van der Waals surface area (Å²) >= 11 is 17.8. The second-order valence-corrected chi connectivity index (χ2v) is 7.40. The van der Waals surface area contributed by atoms with E-state index in [1.807, 2.05) is 36.4 Å². The zero-order valence-corrected chi connectivity index (χ0v) is 18.4. The van der Waals surface area contributed by atoms with Crippen molar-refractivity contribution in [3.8, 4) is 0 Å². The van der Waals surface area contributed by atoms with Gasteiger partial charge in [-0.15, -0.1) is 5.10 Å². The van der Waals surface area contributed by atoms with Crippen LogP contribution in [0.25, 0.3) is 0 Å². The summed E-state index contributed by atoms with van der Waals surface area (Å²) in [5, 5.41) is 18.4. The standard InChI is InChI=1S/C22H17Cl3N6/c23-19-8-4-16(5-9-19)13-26-29-22(30-27-14-17-6-10-20(24)11-7-17)31-28-15-18-2-1-3-21(25)12-18/h1-15H,(H2,29,30,31)/b26-13-,27-14-,28-15-.